The van der Waals surface area contributed by atoms with Crippen molar-refractivity contribution in [2.24, 2.45) is 0 Å². The number of amides is 1. The van der Waals surface area contributed by atoms with Gasteiger partial charge in [-0.05, 0) is 32.4 Å². The van der Waals surface area contributed by atoms with E-state index in [1.165, 1.54) is 0 Å². The second kappa shape index (κ2) is 5.19. The maximum atomic E-state index is 11.8. The molecule has 16 heavy (non-hydrogen) atoms. The highest BCUT2D eigenvalue weighted by atomic mass is 79.9. The number of hydrogen-bond acceptors (Lipinski definition) is 1. The molecule has 2 nitrogen and oxygen atoms in total. The summed E-state index contributed by atoms with van der Waals surface area (Å²) < 4.78 is -0.567. The van der Waals surface area contributed by atoms with Crippen LogP contribution < -0.4 is 5.32 Å². The fourth-order valence-corrected chi connectivity index (χ4v) is 1.69. The van der Waals surface area contributed by atoms with Gasteiger partial charge in [-0.3, -0.25) is 4.79 Å². The van der Waals surface area contributed by atoms with Crippen molar-refractivity contribution in [2.75, 3.05) is 0 Å². The third kappa shape index (κ3) is 3.49. The summed E-state index contributed by atoms with van der Waals surface area (Å²) in [5.74, 6) is -0.0556. The van der Waals surface area contributed by atoms with E-state index in [0.717, 1.165) is 5.56 Å². The van der Waals surface area contributed by atoms with Gasteiger partial charge in [0.25, 0.3) is 0 Å². The Labute approximate surface area is 110 Å². The summed E-state index contributed by atoms with van der Waals surface area (Å²) in [6.07, 6.45) is 0. The highest BCUT2D eigenvalue weighted by Gasteiger charge is 2.25. The molecule has 4 heteroatoms. The van der Waals surface area contributed by atoms with Gasteiger partial charge in [-0.1, -0.05) is 45.7 Å². The molecule has 0 saturated carbocycles. The Morgan fingerprint density at radius 3 is 2.50 bits per heavy atom. The van der Waals surface area contributed by atoms with E-state index in [1.807, 2.05) is 45.0 Å². The molecular weight excluding hydrogens is 289 g/mol. The minimum Gasteiger partial charge on any atom is -0.348 e. The van der Waals surface area contributed by atoms with E-state index in [2.05, 4.69) is 21.2 Å². The normalized spacial score (nSPS) is 13.3. The monoisotopic (exact) mass is 303 g/mol. The van der Waals surface area contributed by atoms with Gasteiger partial charge in [0.2, 0.25) is 5.91 Å². The van der Waals surface area contributed by atoms with Crippen molar-refractivity contribution in [1.82, 2.24) is 5.32 Å². The van der Waals surface area contributed by atoms with Crippen LogP contribution in [0.1, 0.15) is 32.4 Å². The van der Waals surface area contributed by atoms with Crippen LogP contribution in [0, 0.1) is 0 Å². The maximum Gasteiger partial charge on any atom is 0.236 e. The minimum atomic E-state index is -0.567. The molecule has 0 aliphatic heterocycles. The largest absolute Gasteiger partial charge is 0.348 e. The molecule has 1 amide bonds. The number of carbonyl (C=O) groups excluding carboxylic acids is 1. The first-order valence-electron chi connectivity index (χ1n) is 5.06. The maximum absolute atomic E-state index is 11.8. The fourth-order valence-electron chi connectivity index (χ4n) is 1.27. The van der Waals surface area contributed by atoms with Gasteiger partial charge in [-0.25, -0.2) is 0 Å². The summed E-state index contributed by atoms with van der Waals surface area (Å²) in [6.45, 7) is 5.53. The van der Waals surface area contributed by atoms with Crippen LogP contribution in [0.3, 0.4) is 0 Å². The SMILES string of the molecule is C[C@@H](NC(=O)C(C)(C)Br)c1ccccc1Cl. The van der Waals surface area contributed by atoms with Crippen molar-refractivity contribution in [3.63, 3.8) is 0 Å². The Balaban J connectivity index is 2.78. The van der Waals surface area contributed by atoms with Crippen LogP contribution in [-0.4, -0.2) is 10.2 Å². The Kier molecular flexibility index (Phi) is 4.39. The summed E-state index contributed by atoms with van der Waals surface area (Å²) >= 11 is 9.37. The summed E-state index contributed by atoms with van der Waals surface area (Å²) in [6, 6.07) is 7.41. The van der Waals surface area contributed by atoms with Crippen molar-refractivity contribution in [3.05, 3.63) is 34.9 Å². The van der Waals surface area contributed by atoms with E-state index in [4.69, 9.17) is 11.6 Å². The number of halogens is 2. The standard InChI is InChI=1S/C12H15BrClNO/c1-8(15-11(16)12(2,3)13)9-6-4-5-7-10(9)14/h4-8H,1-3H3,(H,15,16)/t8-/m1/s1. The predicted molar refractivity (Wildman–Crippen MR) is 71.0 cm³/mol. The first-order chi connectivity index (χ1) is 7.32. The quantitative estimate of drug-likeness (QED) is 0.848. The van der Waals surface area contributed by atoms with Crippen LogP contribution in [0.5, 0.6) is 0 Å². The van der Waals surface area contributed by atoms with Crippen LogP contribution in [0.2, 0.25) is 5.02 Å². The van der Waals surface area contributed by atoms with Gasteiger partial charge < -0.3 is 5.32 Å². The van der Waals surface area contributed by atoms with Crippen LogP contribution in [-0.2, 0) is 4.79 Å². The average molecular weight is 305 g/mol. The molecule has 0 aliphatic rings. The molecule has 1 rings (SSSR count). The summed E-state index contributed by atoms with van der Waals surface area (Å²) in [5.41, 5.74) is 0.925. The number of nitrogens with one attached hydrogen (secondary N) is 1. The van der Waals surface area contributed by atoms with Gasteiger partial charge in [-0.15, -0.1) is 0 Å². The highest BCUT2D eigenvalue weighted by molar-refractivity contribution is 9.10. The molecule has 0 heterocycles. The van der Waals surface area contributed by atoms with E-state index in [9.17, 15) is 4.79 Å². The lowest BCUT2D eigenvalue weighted by Crippen LogP contribution is -2.38. The summed E-state index contributed by atoms with van der Waals surface area (Å²) in [5, 5.41) is 3.58. The number of rotatable bonds is 3. The average Bonchev–Trinajstić information content (AvgIpc) is 2.16. The third-order valence-corrected chi connectivity index (χ3v) is 2.96. The number of alkyl halides is 1. The van der Waals surface area contributed by atoms with E-state index in [0.29, 0.717) is 5.02 Å². The minimum absolute atomic E-state index is 0.0556. The van der Waals surface area contributed by atoms with Crippen molar-refractivity contribution in [3.8, 4) is 0 Å². The molecule has 0 aromatic heterocycles. The lowest BCUT2D eigenvalue weighted by Gasteiger charge is -2.21. The molecular formula is C12H15BrClNO. The highest BCUT2D eigenvalue weighted by Crippen LogP contribution is 2.24. The van der Waals surface area contributed by atoms with Gasteiger partial charge in [-0.2, -0.15) is 0 Å². The van der Waals surface area contributed by atoms with E-state index >= 15 is 0 Å². The van der Waals surface area contributed by atoms with Gasteiger partial charge in [0.1, 0.15) is 0 Å². The summed E-state index contributed by atoms with van der Waals surface area (Å²) in [4.78, 5) is 11.8. The van der Waals surface area contributed by atoms with Crippen molar-refractivity contribution in [1.29, 1.82) is 0 Å². The lowest BCUT2D eigenvalue weighted by molar-refractivity contribution is -0.123. The third-order valence-electron chi connectivity index (χ3n) is 2.26. The molecule has 0 fully saturated rings. The molecule has 0 radical (unpaired) electrons. The van der Waals surface area contributed by atoms with Crippen molar-refractivity contribution < 1.29 is 4.79 Å². The summed E-state index contributed by atoms with van der Waals surface area (Å²) in [7, 11) is 0. The van der Waals surface area contributed by atoms with Crippen LogP contribution in [0.15, 0.2) is 24.3 Å². The molecule has 1 aromatic rings. The molecule has 0 spiro atoms. The molecule has 0 saturated heterocycles. The second-order valence-corrected chi connectivity index (χ2v) is 6.58. The fraction of sp³-hybridized carbons (Fsp3) is 0.417. The zero-order valence-corrected chi connectivity index (χ0v) is 11.9. The number of carbonyl (C=O) groups is 1. The molecule has 0 bridgehead atoms. The topological polar surface area (TPSA) is 29.1 Å². The lowest BCUT2D eigenvalue weighted by atomic mass is 10.1. The molecule has 88 valence electrons. The first-order valence-corrected chi connectivity index (χ1v) is 6.24. The van der Waals surface area contributed by atoms with Gasteiger partial charge >= 0.3 is 0 Å². The molecule has 1 N–H and O–H groups in total. The number of hydrogen-bond donors (Lipinski definition) is 1. The zero-order valence-electron chi connectivity index (χ0n) is 9.55. The smallest absolute Gasteiger partial charge is 0.236 e. The van der Waals surface area contributed by atoms with E-state index in [-0.39, 0.29) is 11.9 Å². The van der Waals surface area contributed by atoms with Gasteiger partial charge in [0, 0.05) is 5.02 Å². The Bertz CT molecular complexity index is 387. The van der Waals surface area contributed by atoms with E-state index < -0.39 is 4.32 Å². The van der Waals surface area contributed by atoms with E-state index in [1.54, 1.807) is 0 Å². The number of benzene rings is 1. The zero-order chi connectivity index (χ0) is 12.3. The molecule has 1 aromatic carbocycles. The molecule has 0 unspecified atom stereocenters. The van der Waals surface area contributed by atoms with Gasteiger partial charge in [0.15, 0.2) is 0 Å². The Morgan fingerprint density at radius 1 is 1.44 bits per heavy atom. The van der Waals surface area contributed by atoms with Gasteiger partial charge in [0.05, 0.1) is 10.4 Å². The Hall–Kier alpha value is -0.540. The molecule has 0 aliphatic carbocycles. The Morgan fingerprint density at radius 2 is 2.00 bits per heavy atom. The molecule has 1 atom stereocenters. The van der Waals surface area contributed by atoms with Crippen molar-refractivity contribution >= 4 is 33.4 Å². The first kappa shape index (κ1) is 13.5. The second-order valence-electron chi connectivity index (χ2n) is 4.19. The predicted octanol–water partition coefficient (Wildman–Crippen LogP) is 3.69. The van der Waals surface area contributed by atoms with Crippen LogP contribution in [0.25, 0.3) is 0 Å². The van der Waals surface area contributed by atoms with Crippen LogP contribution in [0.4, 0.5) is 0 Å². The van der Waals surface area contributed by atoms with Crippen molar-refractivity contribution in [2.45, 2.75) is 31.1 Å². The van der Waals surface area contributed by atoms with Crippen LogP contribution >= 0.6 is 27.5 Å².